The molecule has 2 aliphatic carbocycles. The molecule has 0 atom stereocenters. The molecule has 0 saturated carbocycles. The quantitative estimate of drug-likeness (QED) is 0.747. The Labute approximate surface area is 128 Å². The van der Waals surface area contributed by atoms with Crippen molar-refractivity contribution in [2.45, 2.75) is 12.8 Å². The molecule has 1 aromatic carbocycles. The van der Waals surface area contributed by atoms with E-state index in [-0.39, 0.29) is 12.4 Å². The van der Waals surface area contributed by atoms with E-state index in [4.69, 9.17) is 8.86 Å². The van der Waals surface area contributed by atoms with Gasteiger partial charge in [-0.1, -0.05) is 0 Å². The number of rotatable bonds is 3. The molecule has 0 fully saturated rings. The third kappa shape index (κ3) is 2.72. The predicted molar refractivity (Wildman–Crippen MR) is 84.6 cm³/mol. The fourth-order valence-corrected chi connectivity index (χ4v) is 13.3. The van der Waals surface area contributed by atoms with E-state index >= 15 is 0 Å². The van der Waals surface area contributed by atoms with Crippen molar-refractivity contribution in [3.05, 3.63) is 73.3 Å². The summed E-state index contributed by atoms with van der Waals surface area (Å²) >= 11 is -2.96. The minimum absolute atomic E-state index is 0. The van der Waals surface area contributed by atoms with E-state index < -0.39 is 18.2 Å². The summed E-state index contributed by atoms with van der Waals surface area (Å²) in [6.07, 6.45) is 15.5. The van der Waals surface area contributed by atoms with Crippen molar-refractivity contribution < 1.29 is 18.2 Å². The molecule has 19 heavy (non-hydrogen) atoms. The van der Waals surface area contributed by atoms with Crippen LogP contribution in [-0.2, 0) is 18.2 Å². The van der Waals surface area contributed by atoms with E-state index in [1.165, 1.54) is 9.83 Å². The van der Waals surface area contributed by atoms with Gasteiger partial charge in [-0.25, -0.2) is 0 Å². The Kier molecular flexibility index (Phi) is 5.00. The minimum atomic E-state index is -2.96. The van der Waals surface area contributed by atoms with Crippen molar-refractivity contribution >= 4 is 24.5 Å². The van der Waals surface area contributed by atoms with Gasteiger partial charge in [0.05, 0.1) is 0 Å². The third-order valence-electron chi connectivity index (χ3n) is 3.63. The molecule has 0 radical (unpaired) electrons. The fraction of sp³-hybridized carbons (Fsp3) is 0.125. The van der Waals surface area contributed by atoms with Crippen LogP contribution in [0.5, 0.6) is 0 Å². The first-order chi connectivity index (χ1) is 8.82. The van der Waals surface area contributed by atoms with Crippen molar-refractivity contribution in [3.63, 3.8) is 0 Å². The Morgan fingerprint density at radius 3 is 1.79 bits per heavy atom. The molecule has 0 unspecified atom stereocenters. The molecule has 0 spiro atoms. The predicted octanol–water partition coefficient (Wildman–Crippen LogP) is 4.69. The van der Waals surface area contributed by atoms with E-state index in [2.05, 4.69) is 66.8 Å². The summed E-state index contributed by atoms with van der Waals surface area (Å²) in [5.74, 6) is 0. The molecule has 0 aliphatic heterocycles. The summed E-state index contributed by atoms with van der Waals surface area (Å²) in [5.41, 5.74) is 0. The molecule has 97 valence electrons. The first kappa shape index (κ1) is 15.0. The van der Waals surface area contributed by atoms with Gasteiger partial charge in [0, 0.05) is 0 Å². The average molecular weight is 367 g/mol. The molecule has 0 bridgehead atoms. The molecule has 0 N–H and O–H groups in total. The maximum atomic E-state index is 6.28. The van der Waals surface area contributed by atoms with Gasteiger partial charge in [-0.2, -0.15) is 0 Å². The van der Waals surface area contributed by atoms with Crippen molar-refractivity contribution in [2.24, 2.45) is 0 Å². The fourth-order valence-electron chi connectivity index (χ4n) is 2.67. The topological polar surface area (TPSA) is 0 Å². The van der Waals surface area contributed by atoms with Gasteiger partial charge in [-0.3, -0.25) is 0 Å². The molecule has 3 rings (SSSR count). The maximum absolute atomic E-state index is 6.28. The van der Waals surface area contributed by atoms with Crippen molar-refractivity contribution in [3.8, 4) is 0 Å². The van der Waals surface area contributed by atoms with Crippen LogP contribution in [0.3, 0.4) is 0 Å². The zero-order chi connectivity index (χ0) is 12.4. The third-order valence-corrected chi connectivity index (χ3v) is 17.2. The summed E-state index contributed by atoms with van der Waals surface area (Å²) < 4.78 is 4.48. The van der Waals surface area contributed by atoms with Crippen LogP contribution < -0.4 is 3.27 Å². The van der Waals surface area contributed by atoms with Crippen LogP contribution in [0.4, 0.5) is 0 Å². The summed E-state index contributed by atoms with van der Waals surface area (Å²) in [6.45, 7) is 0. The van der Waals surface area contributed by atoms with Crippen LogP contribution in [0.25, 0.3) is 0 Å². The van der Waals surface area contributed by atoms with Gasteiger partial charge < -0.3 is 0 Å². The van der Waals surface area contributed by atoms with Crippen LogP contribution >= 0.6 is 21.3 Å². The van der Waals surface area contributed by atoms with E-state index in [0.29, 0.717) is 0 Å². The zero-order valence-corrected chi connectivity index (χ0v) is 14.7. The number of benzene rings is 1. The van der Waals surface area contributed by atoms with Crippen molar-refractivity contribution in [2.75, 3.05) is 0 Å². The SMILES string of the molecule is Cl.[S]=[Zr]([C]1=CC=CC1)([C]1=CC=CC1)[c]1ccccc1. The van der Waals surface area contributed by atoms with Gasteiger partial charge in [-0.15, -0.1) is 12.4 Å². The molecular formula is C16H16ClSZr. The monoisotopic (exact) mass is 365 g/mol. The summed E-state index contributed by atoms with van der Waals surface area (Å²) in [5, 5.41) is 0. The Hall–Kier alpha value is -0.427. The van der Waals surface area contributed by atoms with Gasteiger partial charge in [0.15, 0.2) is 0 Å². The first-order valence-corrected chi connectivity index (χ1v) is 13.4. The Bertz CT molecular complexity index is 589. The Balaban J connectivity index is 0.00000133. The van der Waals surface area contributed by atoms with Gasteiger partial charge in [0.2, 0.25) is 0 Å². The number of hydrogen-bond acceptors (Lipinski definition) is 1. The number of hydrogen-bond donors (Lipinski definition) is 0. The molecule has 2 aliphatic rings. The second kappa shape index (κ2) is 6.35. The van der Waals surface area contributed by atoms with Crippen molar-refractivity contribution in [1.82, 2.24) is 0 Å². The number of allylic oxidation sites excluding steroid dienone is 8. The molecule has 1 aromatic rings. The molecule has 3 heteroatoms. The molecule has 0 aromatic heterocycles. The van der Waals surface area contributed by atoms with Crippen LogP contribution in [0.15, 0.2) is 73.3 Å². The van der Waals surface area contributed by atoms with Crippen LogP contribution in [0, 0.1) is 0 Å². The van der Waals surface area contributed by atoms with E-state index in [1.807, 2.05) is 0 Å². The van der Waals surface area contributed by atoms with Gasteiger partial charge in [0.25, 0.3) is 0 Å². The van der Waals surface area contributed by atoms with E-state index in [1.54, 1.807) is 0 Å². The summed E-state index contributed by atoms with van der Waals surface area (Å²) in [6, 6.07) is 10.8. The zero-order valence-electron chi connectivity index (χ0n) is 10.6. The summed E-state index contributed by atoms with van der Waals surface area (Å²) in [7, 11) is 6.28. The van der Waals surface area contributed by atoms with Crippen LogP contribution in [0.2, 0.25) is 0 Å². The van der Waals surface area contributed by atoms with E-state index in [0.717, 1.165) is 12.8 Å². The van der Waals surface area contributed by atoms with Crippen molar-refractivity contribution in [1.29, 1.82) is 0 Å². The normalized spacial score (nSPS) is 17.1. The Morgan fingerprint density at radius 1 is 0.842 bits per heavy atom. The molecule has 0 amide bonds. The standard InChI is InChI=1S/C6H5.2C5H5.ClH.S.Zr/c1-2-4-6-5-3-1;2*1-2-4-5-3-1;;;/h1-5H;2*1-3H,4H2;1H;;. The van der Waals surface area contributed by atoms with Gasteiger partial charge >= 0.3 is 117 Å². The molecular weight excluding hydrogens is 351 g/mol. The van der Waals surface area contributed by atoms with Crippen LogP contribution in [-0.4, -0.2) is 0 Å². The molecule has 0 saturated heterocycles. The second-order valence-corrected chi connectivity index (χ2v) is 16.2. The number of halogens is 1. The average Bonchev–Trinajstić information content (AvgIpc) is 3.12. The molecule has 0 nitrogen and oxygen atoms in total. The van der Waals surface area contributed by atoms with Crippen LogP contribution in [0.1, 0.15) is 12.8 Å². The van der Waals surface area contributed by atoms with Gasteiger partial charge in [-0.05, 0) is 0 Å². The first-order valence-electron chi connectivity index (χ1n) is 6.30. The molecule has 0 heterocycles. The van der Waals surface area contributed by atoms with E-state index in [9.17, 15) is 0 Å². The summed E-state index contributed by atoms with van der Waals surface area (Å²) in [4.78, 5) is 0. The van der Waals surface area contributed by atoms with Gasteiger partial charge in [0.1, 0.15) is 0 Å². The Morgan fingerprint density at radius 2 is 1.37 bits per heavy atom. The second-order valence-electron chi connectivity index (χ2n) is 4.70.